The standard InChI is InChI=1S/C14H19N3O4S.ClH/c1-15-6-3-11(18)16-10-4-7-17(12(10)19)13-9(5-8-22-13)14(20)21-2;/h5,8,10,15H,3-4,6-7H2,1-2H3,(H,16,18);1H. The van der Waals surface area contributed by atoms with Crippen molar-refractivity contribution >= 4 is 46.5 Å². The highest BCUT2D eigenvalue weighted by Crippen LogP contribution is 2.31. The van der Waals surface area contributed by atoms with Gasteiger partial charge in [0.25, 0.3) is 0 Å². The Kier molecular flexibility index (Phi) is 7.47. The molecule has 0 aromatic carbocycles. The Bertz CT molecular complexity index is 578. The van der Waals surface area contributed by atoms with Crippen LogP contribution in [0.1, 0.15) is 23.2 Å². The SMILES string of the molecule is CNCCC(=O)NC1CCN(c2sccc2C(=O)OC)C1=O.Cl. The summed E-state index contributed by atoms with van der Waals surface area (Å²) in [7, 11) is 3.07. The van der Waals surface area contributed by atoms with Gasteiger partial charge in [0.1, 0.15) is 11.0 Å². The van der Waals surface area contributed by atoms with E-state index in [9.17, 15) is 14.4 Å². The summed E-state index contributed by atoms with van der Waals surface area (Å²) in [4.78, 5) is 37.4. The number of rotatable bonds is 6. The van der Waals surface area contributed by atoms with Gasteiger partial charge in [0, 0.05) is 19.5 Å². The molecular formula is C14H20ClN3O4S. The number of hydrogen-bond donors (Lipinski definition) is 2. The zero-order chi connectivity index (χ0) is 16.1. The second-order valence-corrected chi connectivity index (χ2v) is 5.78. The third-order valence-corrected chi connectivity index (χ3v) is 4.37. The summed E-state index contributed by atoms with van der Waals surface area (Å²) in [6.07, 6.45) is 0.856. The van der Waals surface area contributed by atoms with Crippen LogP contribution >= 0.6 is 23.7 Å². The van der Waals surface area contributed by atoms with Gasteiger partial charge in [0.15, 0.2) is 0 Å². The lowest BCUT2D eigenvalue weighted by Gasteiger charge is -2.16. The molecule has 23 heavy (non-hydrogen) atoms. The van der Waals surface area contributed by atoms with Gasteiger partial charge < -0.3 is 20.3 Å². The van der Waals surface area contributed by atoms with Gasteiger partial charge in [-0.05, 0) is 24.9 Å². The molecule has 1 aliphatic rings. The summed E-state index contributed by atoms with van der Waals surface area (Å²) in [5.41, 5.74) is 0.378. The number of hydrogen-bond acceptors (Lipinski definition) is 6. The van der Waals surface area contributed by atoms with Gasteiger partial charge in [0.05, 0.1) is 12.7 Å². The summed E-state index contributed by atoms with van der Waals surface area (Å²) < 4.78 is 4.72. The first-order valence-corrected chi connectivity index (χ1v) is 7.87. The summed E-state index contributed by atoms with van der Waals surface area (Å²) in [6, 6.07) is 1.11. The fraction of sp³-hybridized carbons (Fsp3) is 0.500. The summed E-state index contributed by atoms with van der Waals surface area (Å²) >= 11 is 1.31. The molecule has 1 fully saturated rings. The Morgan fingerprint density at radius 1 is 1.48 bits per heavy atom. The smallest absolute Gasteiger partial charge is 0.340 e. The van der Waals surface area contributed by atoms with Gasteiger partial charge in [0.2, 0.25) is 11.8 Å². The van der Waals surface area contributed by atoms with Gasteiger partial charge >= 0.3 is 5.97 Å². The van der Waals surface area contributed by atoms with E-state index in [0.29, 0.717) is 36.5 Å². The number of carbonyl (C=O) groups is 3. The minimum atomic E-state index is -0.531. The predicted octanol–water partition coefficient (Wildman–Crippen LogP) is 0.787. The molecule has 2 heterocycles. The van der Waals surface area contributed by atoms with Crippen LogP contribution in [0, 0.1) is 0 Å². The normalized spacial score (nSPS) is 16.9. The maximum Gasteiger partial charge on any atom is 0.340 e. The molecule has 0 spiro atoms. The van der Waals surface area contributed by atoms with Crippen molar-refractivity contribution in [2.75, 3.05) is 32.1 Å². The number of amides is 2. The van der Waals surface area contributed by atoms with Crippen LogP contribution in [-0.2, 0) is 14.3 Å². The molecule has 1 saturated heterocycles. The Morgan fingerprint density at radius 2 is 2.22 bits per heavy atom. The number of methoxy groups -OCH3 is 1. The monoisotopic (exact) mass is 361 g/mol. The molecule has 7 nitrogen and oxygen atoms in total. The van der Waals surface area contributed by atoms with E-state index in [0.717, 1.165) is 0 Å². The quantitative estimate of drug-likeness (QED) is 0.731. The lowest BCUT2D eigenvalue weighted by atomic mass is 10.2. The van der Waals surface area contributed by atoms with Crippen LogP contribution in [-0.4, -0.2) is 51.1 Å². The Hall–Kier alpha value is -1.64. The average Bonchev–Trinajstić information content (AvgIpc) is 3.12. The van der Waals surface area contributed by atoms with E-state index in [1.165, 1.54) is 18.4 Å². The van der Waals surface area contributed by atoms with Crippen molar-refractivity contribution in [3.63, 3.8) is 0 Å². The molecule has 2 rings (SSSR count). The van der Waals surface area contributed by atoms with Crippen LogP contribution in [0.5, 0.6) is 0 Å². The number of nitrogens with zero attached hydrogens (tertiary/aromatic N) is 1. The molecule has 1 aliphatic heterocycles. The highest BCUT2D eigenvalue weighted by atomic mass is 35.5. The Labute approximate surface area is 144 Å². The number of carbonyl (C=O) groups excluding carboxylic acids is 3. The van der Waals surface area contributed by atoms with E-state index in [1.807, 2.05) is 0 Å². The van der Waals surface area contributed by atoms with Gasteiger partial charge in [-0.2, -0.15) is 0 Å². The lowest BCUT2D eigenvalue weighted by molar-refractivity contribution is -0.126. The highest BCUT2D eigenvalue weighted by Gasteiger charge is 2.36. The Balaban J connectivity index is 0.00000264. The largest absolute Gasteiger partial charge is 0.465 e. The van der Waals surface area contributed by atoms with Crippen LogP contribution in [0.15, 0.2) is 11.4 Å². The van der Waals surface area contributed by atoms with Gasteiger partial charge in [-0.15, -0.1) is 23.7 Å². The first-order chi connectivity index (χ1) is 10.6. The number of ether oxygens (including phenoxy) is 1. The molecule has 1 aromatic heterocycles. The number of halogens is 1. The van der Waals surface area contributed by atoms with E-state index >= 15 is 0 Å². The van der Waals surface area contributed by atoms with Crippen LogP contribution in [0.4, 0.5) is 5.00 Å². The third kappa shape index (κ3) is 4.43. The third-order valence-electron chi connectivity index (χ3n) is 3.44. The molecule has 0 radical (unpaired) electrons. The van der Waals surface area contributed by atoms with Crippen molar-refractivity contribution in [3.05, 3.63) is 17.0 Å². The first-order valence-electron chi connectivity index (χ1n) is 6.99. The van der Waals surface area contributed by atoms with E-state index in [-0.39, 0.29) is 24.2 Å². The zero-order valence-electron chi connectivity index (χ0n) is 13.0. The van der Waals surface area contributed by atoms with Crippen molar-refractivity contribution in [2.24, 2.45) is 0 Å². The molecule has 0 bridgehead atoms. The van der Waals surface area contributed by atoms with Crippen molar-refractivity contribution in [2.45, 2.75) is 18.9 Å². The molecule has 2 N–H and O–H groups in total. The van der Waals surface area contributed by atoms with Gasteiger partial charge in [-0.25, -0.2) is 4.79 Å². The average molecular weight is 362 g/mol. The van der Waals surface area contributed by atoms with Gasteiger partial charge in [-0.3, -0.25) is 9.59 Å². The molecule has 2 amide bonds. The molecule has 1 unspecified atom stereocenters. The molecule has 0 aliphatic carbocycles. The molecule has 0 saturated carbocycles. The van der Waals surface area contributed by atoms with Crippen molar-refractivity contribution < 1.29 is 19.1 Å². The lowest BCUT2D eigenvalue weighted by Crippen LogP contribution is -2.42. The number of anilines is 1. The maximum absolute atomic E-state index is 12.4. The first kappa shape index (κ1) is 19.4. The molecule has 1 aromatic rings. The fourth-order valence-corrected chi connectivity index (χ4v) is 3.22. The van der Waals surface area contributed by atoms with E-state index in [4.69, 9.17) is 4.74 Å². The topological polar surface area (TPSA) is 87.7 Å². The minimum absolute atomic E-state index is 0. The van der Waals surface area contributed by atoms with E-state index in [2.05, 4.69) is 10.6 Å². The van der Waals surface area contributed by atoms with Crippen molar-refractivity contribution in [1.82, 2.24) is 10.6 Å². The minimum Gasteiger partial charge on any atom is -0.465 e. The molecule has 128 valence electrons. The zero-order valence-corrected chi connectivity index (χ0v) is 14.6. The molecular weight excluding hydrogens is 342 g/mol. The second kappa shape index (κ2) is 8.85. The summed E-state index contributed by atoms with van der Waals surface area (Å²) in [5.74, 6) is -0.815. The summed E-state index contributed by atoms with van der Waals surface area (Å²) in [6.45, 7) is 1.04. The van der Waals surface area contributed by atoms with Crippen molar-refractivity contribution in [3.8, 4) is 0 Å². The van der Waals surface area contributed by atoms with Crippen LogP contribution < -0.4 is 15.5 Å². The van der Waals surface area contributed by atoms with Crippen LogP contribution in [0.25, 0.3) is 0 Å². The number of esters is 1. The van der Waals surface area contributed by atoms with E-state index < -0.39 is 12.0 Å². The molecule has 1 atom stereocenters. The number of nitrogens with one attached hydrogen (secondary N) is 2. The Morgan fingerprint density at radius 3 is 2.87 bits per heavy atom. The van der Waals surface area contributed by atoms with Gasteiger partial charge in [-0.1, -0.05) is 0 Å². The highest BCUT2D eigenvalue weighted by molar-refractivity contribution is 7.14. The maximum atomic E-state index is 12.4. The van der Waals surface area contributed by atoms with Crippen molar-refractivity contribution in [1.29, 1.82) is 0 Å². The van der Waals surface area contributed by atoms with Crippen LogP contribution in [0.3, 0.4) is 0 Å². The van der Waals surface area contributed by atoms with Crippen LogP contribution in [0.2, 0.25) is 0 Å². The van der Waals surface area contributed by atoms with E-state index in [1.54, 1.807) is 23.4 Å². The number of thiophene rings is 1. The fourth-order valence-electron chi connectivity index (χ4n) is 2.30. The summed E-state index contributed by atoms with van der Waals surface area (Å²) in [5, 5.41) is 7.94. The molecule has 9 heteroatoms. The second-order valence-electron chi connectivity index (χ2n) is 4.88. The predicted molar refractivity (Wildman–Crippen MR) is 90.4 cm³/mol.